The first kappa shape index (κ1) is 14.1. The van der Waals surface area contributed by atoms with Crippen LogP contribution < -0.4 is 5.32 Å². The molecule has 1 aliphatic rings. The molecule has 0 spiro atoms. The Hall–Kier alpha value is -1.31. The molecular formula is C13H15IN2O3. The Morgan fingerprint density at radius 2 is 2.32 bits per heavy atom. The molecule has 2 amide bonds. The second-order valence-corrected chi connectivity index (χ2v) is 5.54. The molecule has 0 radical (unpaired) electrons. The average molecular weight is 374 g/mol. The minimum atomic E-state index is -0.428. The van der Waals surface area contributed by atoms with Crippen LogP contribution in [-0.2, 0) is 4.79 Å². The van der Waals surface area contributed by atoms with Crippen molar-refractivity contribution < 1.29 is 14.7 Å². The lowest BCUT2D eigenvalue weighted by molar-refractivity contribution is -0.127. The summed E-state index contributed by atoms with van der Waals surface area (Å²) >= 11 is 1.99. The van der Waals surface area contributed by atoms with Crippen molar-refractivity contribution in [2.45, 2.75) is 19.4 Å². The number of piperazine rings is 1. The number of halogens is 1. The lowest BCUT2D eigenvalue weighted by Crippen LogP contribution is -2.56. The smallest absolute Gasteiger partial charge is 0.254 e. The number of aromatic hydroxyl groups is 1. The highest BCUT2D eigenvalue weighted by molar-refractivity contribution is 14.1. The number of hydrogen-bond acceptors (Lipinski definition) is 3. The number of carbonyl (C=O) groups excluding carboxylic acids is 2. The SMILES string of the molecule is CCC1C(=O)NCCN1C(=O)c1ccc(I)c(O)c1. The van der Waals surface area contributed by atoms with Crippen LogP contribution in [0.1, 0.15) is 23.7 Å². The molecule has 1 aliphatic heterocycles. The summed E-state index contributed by atoms with van der Waals surface area (Å²) in [5, 5.41) is 12.4. The van der Waals surface area contributed by atoms with Crippen molar-refractivity contribution in [3.05, 3.63) is 27.3 Å². The van der Waals surface area contributed by atoms with E-state index >= 15 is 0 Å². The van der Waals surface area contributed by atoms with Crippen LogP contribution in [-0.4, -0.2) is 41.0 Å². The van der Waals surface area contributed by atoms with Crippen molar-refractivity contribution in [3.8, 4) is 5.75 Å². The minimum absolute atomic E-state index is 0.0842. The van der Waals surface area contributed by atoms with E-state index in [0.29, 0.717) is 28.6 Å². The molecule has 1 fully saturated rings. The molecule has 2 N–H and O–H groups in total. The van der Waals surface area contributed by atoms with Gasteiger partial charge in [0, 0.05) is 18.7 Å². The molecule has 2 rings (SSSR count). The molecule has 1 unspecified atom stereocenters. The van der Waals surface area contributed by atoms with E-state index in [1.165, 1.54) is 6.07 Å². The molecule has 0 bridgehead atoms. The molecule has 5 nitrogen and oxygen atoms in total. The molecule has 0 aromatic heterocycles. The Balaban J connectivity index is 2.26. The number of amides is 2. The normalized spacial score (nSPS) is 19.2. The average Bonchev–Trinajstić information content (AvgIpc) is 2.40. The molecule has 0 aliphatic carbocycles. The van der Waals surface area contributed by atoms with Crippen LogP contribution in [0.2, 0.25) is 0 Å². The molecule has 1 atom stereocenters. The molecule has 102 valence electrons. The van der Waals surface area contributed by atoms with Gasteiger partial charge in [-0.1, -0.05) is 6.92 Å². The van der Waals surface area contributed by atoms with Gasteiger partial charge >= 0.3 is 0 Å². The number of rotatable bonds is 2. The Labute approximate surface area is 125 Å². The van der Waals surface area contributed by atoms with E-state index in [1.54, 1.807) is 17.0 Å². The number of nitrogens with zero attached hydrogens (tertiary/aromatic N) is 1. The van der Waals surface area contributed by atoms with Crippen molar-refractivity contribution in [2.24, 2.45) is 0 Å². The minimum Gasteiger partial charge on any atom is -0.507 e. The first-order chi connectivity index (χ1) is 9.04. The Morgan fingerprint density at radius 3 is 2.95 bits per heavy atom. The molecule has 1 heterocycles. The maximum atomic E-state index is 12.4. The van der Waals surface area contributed by atoms with Gasteiger partial charge in [0.1, 0.15) is 11.8 Å². The third-order valence-corrected chi connectivity index (χ3v) is 4.08. The number of phenolic OH excluding ortho intramolecular Hbond substituents is 1. The summed E-state index contributed by atoms with van der Waals surface area (Å²) in [6, 6.07) is 4.38. The number of phenols is 1. The van der Waals surface area contributed by atoms with Crippen molar-refractivity contribution >= 4 is 34.4 Å². The van der Waals surface area contributed by atoms with Crippen LogP contribution in [0.15, 0.2) is 18.2 Å². The first-order valence-electron chi connectivity index (χ1n) is 6.11. The third-order valence-electron chi connectivity index (χ3n) is 3.17. The van der Waals surface area contributed by atoms with Crippen LogP contribution in [0.3, 0.4) is 0 Å². The fraction of sp³-hybridized carbons (Fsp3) is 0.385. The second-order valence-electron chi connectivity index (χ2n) is 4.38. The predicted octanol–water partition coefficient (Wildman–Crippen LogP) is 1.35. The summed E-state index contributed by atoms with van der Waals surface area (Å²) < 4.78 is 0.692. The van der Waals surface area contributed by atoms with Gasteiger partial charge in [-0.25, -0.2) is 0 Å². The van der Waals surface area contributed by atoms with Gasteiger partial charge in [-0.15, -0.1) is 0 Å². The first-order valence-corrected chi connectivity index (χ1v) is 7.19. The maximum absolute atomic E-state index is 12.4. The van der Waals surface area contributed by atoms with E-state index in [1.807, 2.05) is 29.5 Å². The van der Waals surface area contributed by atoms with E-state index < -0.39 is 6.04 Å². The van der Waals surface area contributed by atoms with Gasteiger partial charge < -0.3 is 15.3 Å². The highest BCUT2D eigenvalue weighted by Crippen LogP contribution is 2.22. The number of benzene rings is 1. The monoisotopic (exact) mass is 374 g/mol. The predicted molar refractivity (Wildman–Crippen MR) is 78.9 cm³/mol. The topological polar surface area (TPSA) is 69.6 Å². The zero-order valence-electron chi connectivity index (χ0n) is 10.5. The fourth-order valence-electron chi connectivity index (χ4n) is 2.18. The number of hydrogen-bond donors (Lipinski definition) is 2. The quantitative estimate of drug-likeness (QED) is 0.768. The third kappa shape index (κ3) is 2.83. The van der Waals surface area contributed by atoms with Gasteiger partial charge in [-0.2, -0.15) is 0 Å². The molecule has 6 heteroatoms. The van der Waals surface area contributed by atoms with Crippen LogP contribution in [0.4, 0.5) is 0 Å². The van der Waals surface area contributed by atoms with Crippen LogP contribution in [0.5, 0.6) is 5.75 Å². The van der Waals surface area contributed by atoms with Gasteiger partial charge in [-0.3, -0.25) is 9.59 Å². The van der Waals surface area contributed by atoms with Crippen LogP contribution in [0.25, 0.3) is 0 Å². The van der Waals surface area contributed by atoms with E-state index in [2.05, 4.69) is 5.32 Å². The summed E-state index contributed by atoms with van der Waals surface area (Å²) in [5.74, 6) is -0.244. The van der Waals surface area contributed by atoms with E-state index in [9.17, 15) is 14.7 Å². The molecule has 1 aromatic carbocycles. The fourth-order valence-corrected chi connectivity index (χ4v) is 2.51. The second kappa shape index (κ2) is 5.77. The lowest BCUT2D eigenvalue weighted by Gasteiger charge is -2.34. The van der Waals surface area contributed by atoms with Gasteiger partial charge in [0.15, 0.2) is 0 Å². The maximum Gasteiger partial charge on any atom is 0.254 e. The number of carbonyl (C=O) groups is 2. The summed E-state index contributed by atoms with van der Waals surface area (Å²) in [5.41, 5.74) is 0.408. The Morgan fingerprint density at radius 1 is 1.58 bits per heavy atom. The highest BCUT2D eigenvalue weighted by Gasteiger charge is 2.32. The summed E-state index contributed by atoms with van der Waals surface area (Å²) in [6.45, 7) is 2.84. The van der Waals surface area contributed by atoms with Crippen molar-refractivity contribution in [1.82, 2.24) is 10.2 Å². The largest absolute Gasteiger partial charge is 0.507 e. The highest BCUT2D eigenvalue weighted by atomic mass is 127. The lowest BCUT2D eigenvalue weighted by atomic mass is 10.1. The molecular weight excluding hydrogens is 359 g/mol. The summed E-state index contributed by atoms with van der Waals surface area (Å²) in [6.07, 6.45) is 0.577. The summed E-state index contributed by atoms with van der Waals surface area (Å²) in [4.78, 5) is 25.7. The Kier molecular flexibility index (Phi) is 4.28. The van der Waals surface area contributed by atoms with E-state index in [4.69, 9.17) is 0 Å². The number of nitrogens with one attached hydrogen (secondary N) is 1. The van der Waals surface area contributed by atoms with Crippen LogP contribution >= 0.6 is 22.6 Å². The van der Waals surface area contributed by atoms with Crippen molar-refractivity contribution in [3.63, 3.8) is 0 Å². The molecule has 19 heavy (non-hydrogen) atoms. The molecule has 0 saturated carbocycles. The summed E-state index contributed by atoms with van der Waals surface area (Å²) in [7, 11) is 0. The van der Waals surface area contributed by atoms with Gasteiger partial charge in [0.05, 0.1) is 3.57 Å². The Bertz CT molecular complexity index is 519. The van der Waals surface area contributed by atoms with Gasteiger partial charge in [0.2, 0.25) is 5.91 Å². The van der Waals surface area contributed by atoms with Gasteiger partial charge in [0.25, 0.3) is 5.91 Å². The molecule has 1 aromatic rings. The van der Waals surface area contributed by atoms with Crippen molar-refractivity contribution in [2.75, 3.05) is 13.1 Å². The van der Waals surface area contributed by atoms with Crippen LogP contribution in [0, 0.1) is 3.57 Å². The zero-order chi connectivity index (χ0) is 14.0. The standard InChI is InChI=1S/C13H15IN2O3/c1-2-10-12(18)15-5-6-16(10)13(19)8-3-4-9(14)11(17)7-8/h3-4,7,10,17H,2,5-6H2,1H3,(H,15,18). The van der Waals surface area contributed by atoms with Crippen molar-refractivity contribution in [1.29, 1.82) is 0 Å². The van der Waals surface area contributed by atoms with E-state index in [0.717, 1.165) is 0 Å². The molecule has 1 saturated heterocycles. The zero-order valence-corrected chi connectivity index (χ0v) is 12.7. The van der Waals surface area contributed by atoms with E-state index in [-0.39, 0.29) is 17.6 Å². The van der Waals surface area contributed by atoms with Gasteiger partial charge in [-0.05, 0) is 47.2 Å².